The second-order valence-corrected chi connectivity index (χ2v) is 6.17. The van der Waals surface area contributed by atoms with E-state index in [4.69, 9.17) is 4.74 Å². The lowest BCUT2D eigenvalue weighted by atomic mass is 10.2. The second-order valence-electron chi connectivity index (χ2n) is 6.17. The topological polar surface area (TPSA) is 67.3 Å². The van der Waals surface area contributed by atoms with E-state index in [2.05, 4.69) is 39.2 Å². The van der Waals surface area contributed by atoms with E-state index in [-0.39, 0.29) is 11.6 Å². The molecule has 0 aliphatic heterocycles. The van der Waals surface area contributed by atoms with Crippen LogP contribution in [-0.4, -0.2) is 29.0 Å². The summed E-state index contributed by atoms with van der Waals surface area (Å²) in [7, 11) is 0. The molecule has 0 saturated heterocycles. The Morgan fingerprint density at radius 2 is 1.75 bits per heavy atom. The van der Waals surface area contributed by atoms with Crippen LogP contribution in [0.4, 0.5) is 11.5 Å². The van der Waals surface area contributed by atoms with Crippen molar-refractivity contribution in [2.24, 2.45) is 0 Å². The molecule has 0 atom stereocenters. The van der Waals surface area contributed by atoms with Crippen molar-refractivity contribution in [3.05, 3.63) is 78.2 Å². The van der Waals surface area contributed by atoms with Crippen LogP contribution in [0.15, 0.2) is 67.0 Å². The minimum atomic E-state index is -0.297. The fraction of sp³-hybridized carbons (Fsp3) is 0.227. The number of hydrogen-bond acceptors (Lipinski definition) is 5. The quantitative estimate of drug-likeness (QED) is 0.640. The van der Waals surface area contributed by atoms with Gasteiger partial charge in [0.25, 0.3) is 5.91 Å². The summed E-state index contributed by atoms with van der Waals surface area (Å²) in [5.41, 5.74) is 2.15. The second kappa shape index (κ2) is 9.50. The maximum atomic E-state index is 12.4. The maximum absolute atomic E-state index is 12.4. The van der Waals surface area contributed by atoms with Crippen LogP contribution in [0.3, 0.4) is 0 Å². The lowest BCUT2D eigenvalue weighted by molar-refractivity contribution is 0.102. The highest BCUT2D eigenvalue weighted by atomic mass is 16.5. The summed E-state index contributed by atoms with van der Waals surface area (Å²) in [6, 6.07) is 17.4. The van der Waals surface area contributed by atoms with Crippen LogP contribution in [0.25, 0.3) is 0 Å². The largest absolute Gasteiger partial charge is 0.494 e. The first-order chi connectivity index (χ1) is 13.7. The number of carbonyl (C=O) groups is 1. The normalized spacial score (nSPS) is 10.4. The molecule has 144 valence electrons. The summed E-state index contributed by atoms with van der Waals surface area (Å²) in [6.45, 7) is 6.13. The standard InChI is InChI=1S/C22H24N4O2/c1-3-26(16-17-8-6-5-7-9-17)21-15-23-20(14-24-21)22(27)25-18-10-12-19(13-11-18)28-4-2/h5-15H,3-4,16H2,1-2H3,(H,25,27). The van der Waals surface area contributed by atoms with Gasteiger partial charge < -0.3 is 15.0 Å². The summed E-state index contributed by atoms with van der Waals surface area (Å²) < 4.78 is 5.40. The molecule has 0 saturated carbocycles. The Bertz CT molecular complexity index is 881. The van der Waals surface area contributed by atoms with E-state index in [1.807, 2.05) is 37.3 Å². The molecular formula is C22H24N4O2. The molecule has 0 spiro atoms. The van der Waals surface area contributed by atoms with Gasteiger partial charge in [0, 0.05) is 18.8 Å². The highest BCUT2D eigenvalue weighted by Gasteiger charge is 2.12. The molecular weight excluding hydrogens is 352 g/mol. The molecule has 3 rings (SSSR count). The van der Waals surface area contributed by atoms with Gasteiger partial charge in [-0.3, -0.25) is 4.79 Å². The first-order valence-electron chi connectivity index (χ1n) is 9.34. The van der Waals surface area contributed by atoms with Crippen molar-refractivity contribution < 1.29 is 9.53 Å². The molecule has 6 nitrogen and oxygen atoms in total. The number of hydrogen-bond donors (Lipinski definition) is 1. The van der Waals surface area contributed by atoms with Crippen LogP contribution in [0.1, 0.15) is 29.9 Å². The molecule has 0 fully saturated rings. The Morgan fingerprint density at radius 1 is 1.00 bits per heavy atom. The van der Waals surface area contributed by atoms with Crippen molar-refractivity contribution in [1.82, 2.24) is 9.97 Å². The predicted molar refractivity (Wildman–Crippen MR) is 111 cm³/mol. The van der Waals surface area contributed by atoms with Crippen molar-refractivity contribution in [2.75, 3.05) is 23.4 Å². The number of carbonyl (C=O) groups excluding carboxylic acids is 1. The molecule has 1 amide bonds. The molecule has 1 N–H and O–H groups in total. The summed E-state index contributed by atoms with van der Waals surface area (Å²) in [6.07, 6.45) is 3.15. The van der Waals surface area contributed by atoms with Crippen LogP contribution in [-0.2, 0) is 6.54 Å². The van der Waals surface area contributed by atoms with Crippen molar-refractivity contribution in [2.45, 2.75) is 20.4 Å². The molecule has 0 aliphatic carbocycles. The molecule has 0 aliphatic rings. The van der Waals surface area contributed by atoms with Gasteiger partial charge in [-0.25, -0.2) is 9.97 Å². The highest BCUT2D eigenvalue weighted by Crippen LogP contribution is 2.17. The Morgan fingerprint density at radius 3 is 2.36 bits per heavy atom. The number of rotatable bonds is 8. The highest BCUT2D eigenvalue weighted by molar-refractivity contribution is 6.02. The van der Waals surface area contributed by atoms with Crippen LogP contribution >= 0.6 is 0 Å². The molecule has 0 unspecified atom stereocenters. The van der Waals surface area contributed by atoms with Crippen LogP contribution in [0.5, 0.6) is 5.75 Å². The van der Waals surface area contributed by atoms with Crippen LogP contribution < -0.4 is 15.0 Å². The number of anilines is 2. The van der Waals surface area contributed by atoms with E-state index in [0.717, 1.165) is 24.7 Å². The van der Waals surface area contributed by atoms with E-state index in [0.29, 0.717) is 12.3 Å². The number of aromatic nitrogens is 2. The van der Waals surface area contributed by atoms with Gasteiger partial charge in [0.2, 0.25) is 0 Å². The van der Waals surface area contributed by atoms with Gasteiger partial charge in [-0.15, -0.1) is 0 Å². The van der Waals surface area contributed by atoms with Gasteiger partial charge in [-0.1, -0.05) is 30.3 Å². The third-order valence-electron chi connectivity index (χ3n) is 4.22. The van der Waals surface area contributed by atoms with Gasteiger partial charge >= 0.3 is 0 Å². The molecule has 28 heavy (non-hydrogen) atoms. The lowest BCUT2D eigenvalue weighted by Gasteiger charge is -2.21. The Labute approximate surface area is 165 Å². The smallest absolute Gasteiger partial charge is 0.275 e. The predicted octanol–water partition coefficient (Wildman–Crippen LogP) is 4.15. The molecule has 3 aromatic rings. The fourth-order valence-corrected chi connectivity index (χ4v) is 2.76. The first kappa shape index (κ1) is 19.4. The zero-order valence-electron chi connectivity index (χ0n) is 16.1. The zero-order valence-corrected chi connectivity index (χ0v) is 16.1. The number of benzene rings is 2. The SMILES string of the molecule is CCOc1ccc(NC(=O)c2cnc(N(CC)Cc3ccccc3)cn2)cc1. The molecule has 1 heterocycles. The van der Waals surface area contributed by atoms with Crippen molar-refractivity contribution in [3.8, 4) is 5.75 Å². The Hall–Kier alpha value is -3.41. The minimum absolute atomic E-state index is 0.272. The van der Waals surface area contributed by atoms with E-state index in [1.165, 1.54) is 11.8 Å². The average molecular weight is 376 g/mol. The van der Waals surface area contributed by atoms with Crippen molar-refractivity contribution in [1.29, 1.82) is 0 Å². The van der Waals surface area contributed by atoms with Gasteiger partial charge in [0.1, 0.15) is 17.3 Å². The summed E-state index contributed by atoms with van der Waals surface area (Å²) in [5.74, 6) is 1.21. The van der Waals surface area contributed by atoms with E-state index >= 15 is 0 Å². The number of amides is 1. The number of nitrogens with zero attached hydrogens (tertiary/aromatic N) is 3. The monoisotopic (exact) mass is 376 g/mol. The summed E-state index contributed by atoms with van der Waals surface area (Å²) >= 11 is 0. The van der Waals surface area contributed by atoms with Crippen LogP contribution in [0, 0.1) is 0 Å². The van der Waals surface area contributed by atoms with Gasteiger partial charge in [-0.05, 0) is 43.7 Å². The molecule has 0 bridgehead atoms. The molecule has 0 radical (unpaired) electrons. The number of nitrogens with one attached hydrogen (secondary N) is 1. The third-order valence-corrected chi connectivity index (χ3v) is 4.22. The summed E-state index contributed by atoms with van der Waals surface area (Å²) in [4.78, 5) is 23.2. The van der Waals surface area contributed by atoms with Gasteiger partial charge in [-0.2, -0.15) is 0 Å². The Kier molecular flexibility index (Phi) is 6.57. The van der Waals surface area contributed by atoms with E-state index in [9.17, 15) is 4.79 Å². The van der Waals surface area contributed by atoms with E-state index < -0.39 is 0 Å². The molecule has 1 aromatic heterocycles. The average Bonchev–Trinajstić information content (AvgIpc) is 2.74. The van der Waals surface area contributed by atoms with E-state index in [1.54, 1.807) is 18.3 Å². The third kappa shape index (κ3) is 5.07. The minimum Gasteiger partial charge on any atom is -0.494 e. The van der Waals surface area contributed by atoms with Gasteiger partial charge in [0.15, 0.2) is 0 Å². The molecule has 6 heteroatoms. The van der Waals surface area contributed by atoms with Crippen molar-refractivity contribution >= 4 is 17.4 Å². The zero-order chi connectivity index (χ0) is 19.8. The Balaban J connectivity index is 1.64. The fourth-order valence-electron chi connectivity index (χ4n) is 2.76. The van der Waals surface area contributed by atoms with Gasteiger partial charge in [0.05, 0.1) is 19.0 Å². The number of ether oxygens (including phenoxy) is 1. The van der Waals surface area contributed by atoms with Crippen LogP contribution in [0.2, 0.25) is 0 Å². The molecule has 2 aromatic carbocycles. The summed E-state index contributed by atoms with van der Waals surface area (Å²) in [5, 5.41) is 2.82. The first-order valence-corrected chi connectivity index (χ1v) is 9.34. The van der Waals surface area contributed by atoms with Crippen molar-refractivity contribution in [3.63, 3.8) is 0 Å². The maximum Gasteiger partial charge on any atom is 0.275 e. The lowest BCUT2D eigenvalue weighted by Crippen LogP contribution is -2.24.